The zero-order chi connectivity index (χ0) is 17.6. The molecule has 2 aromatic rings. The van der Waals surface area contributed by atoms with Crippen LogP contribution in [0.5, 0.6) is 0 Å². The Morgan fingerprint density at radius 2 is 2.08 bits per heavy atom. The summed E-state index contributed by atoms with van der Waals surface area (Å²) in [4.78, 5) is 14.5. The number of ether oxygens (including phenoxy) is 1. The Morgan fingerprint density at radius 3 is 2.84 bits per heavy atom. The molecule has 1 aromatic heterocycles. The molecule has 0 radical (unpaired) electrons. The maximum Gasteiger partial charge on any atom is 0.251 e. The lowest BCUT2D eigenvalue weighted by Gasteiger charge is -2.29. The van der Waals surface area contributed by atoms with Crippen LogP contribution in [0.15, 0.2) is 30.3 Å². The van der Waals surface area contributed by atoms with Crippen LogP contribution in [0.2, 0.25) is 0 Å². The number of aromatic nitrogens is 2. The van der Waals surface area contributed by atoms with Gasteiger partial charge in [-0.1, -0.05) is 12.1 Å². The molecule has 134 valence electrons. The molecule has 0 fully saturated rings. The van der Waals surface area contributed by atoms with Gasteiger partial charge < -0.3 is 15.0 Å². The lowest BCUT2D eigenvalue weighted by molar-refractivity contribution is 0.0948. The fourth-order valence-corrected chi connectivity index (χ4v) is 3.14. The van der Waals surface area contributed by atoms with Gasteiger partial charge >= 0.3 is 0 Å². The van der Waals surface area contributed by atoms with Crippen molar-refractivity contribution in [2.45, 2.75) is 32.9 Å². The summed E-state index contributed by atoms with van der Waals surface area (Å²) < 4.78 is 7.07. The molecule has 0 bridgehead atoms. The summed E-state index contributed by atoms with van der Waals surface area (Å²) in [6.07, 6.45) is 1.93. The number of hydrogen-bond acceptors (Lipinski definition) is 4. The summed E-state index contributed by atoms with van der Waals surface area (Å²) in [6, 6.07) is 10.0. The van der Waals surface area contributed by atoms with E-state index in [1.165, 1.54) is 11.4 Å². The third-order valence-electron chi connectivity index (χ3n) is 4.40. The Hall–Kier alpha value is -2.34. The van der Waals surface area contributed by atoms with Crippen LogP contribution in [0.25, 0.3) is 0 Å². The predicted molar refractivity (Wildman–Crippen MR) is 97.9 cm³/mol. The normalized spacial score (nSPS) is 13.6. The number of nitrogens with zero attached hydrogens (tertiary/aromatic N) is 3. The Kier molecular flexibility index (Phi) is 5.71. The molecule has 1 aromatic carbocycles. The van der Waals surface area contributed by atoms with Crippen molar-refractivity contribution in [1.29, 1.82) is 0 Å². The van der Waals surface area contributed by atoms with Crippen molar-refractivity contribution in [3.63, 3.8) is 0 Å². The quantitative estimate of drug-likeness (QED) is 0.785. The molecule has 6 heteroatoms. The summed E-state index contributed by atoms with van der Waals surface area (Å²) in [7, 11) is 1.66. The maximum atomic E-state index is 12.1. The molecule has 2 heterocycles. The number of benzene rings is 1. The lowest BCUT2D eigenvalue weighted by Crippen LogP contribution is -2.31. The fraction of sp³-hybridized carbons (Fsp3) is 0.474. The van der Waals surface area contributed by atoms with E-state index in [1.807, 2.05) is 31.2 Å². The smallest absolute Gasteiger partial charge is 0.251 e. The fourth-order valence-electron chi connectivity index (χ4n) is 3.14. The van der Waals surface area contributed by atoms with E-state index in [0.29, 0.717) is 18.7 Å². The highest BCUT2D eigenvalue weighted by molar-refractivity contribution is 5.94. The van der Waals surface area contributed by atoms with E-state index in [0.717, 1.165) is 38.2 Å². The van der Waals surface area contributed by atoms with Gasteiger partial charge in [-0.05, 0) is 37.5 Å². The first-order valence-electron chi connectivity index (χ1n) is 8.83. The second-order valence-electron chi connectivity index (χ2n) is 6.44. The van der Waals surface area contributed by atoms with Gasteiger partial charge in [0.05, 0.1) is 5.69 Å². The minimum atomic E-state index is -0.0330. The third-order valence-corrected chi connectivity index (χ3v) is 4.40. The molecular formula is C19H26N4O2. The van der Waals surface area contributed by atoms with Crippen LogP contribution in [0, 0.1) is 6.92 Å². The van der Waals surface area contributed by atoms with Gasteiger partial charge in [0.15, 0.2) is 0 Å². The summed E-state index contributed by atoms with van der Waals surface area (Å²) in [5, 5.41) is 7.44. The van der Waals surface area contributed by atoms with Crippen molar-refractivity contribution >= 4 is 11.7 Å². The molecule has 0 atom stereocenters. The van der Waals surface area contributed by atoms with Gasteiger partial charge in [0.25, 0.3) is 5.91 Å². The van der Waals surface area contributed by atoms with Crippen LogP contribution >= 0.6 is 0 Å². The lowest BCUT2D eigenvalue weighted by atomic mass is 10.1. The van der Waals surface area contributed by atoms with E-state index in [4.69, 9.17) is 4.74 Å². The van der Waals surface area contributed by atoms with Crippen LogP contribution in [-0.2, 0) is 17.8 Å². The molecule has 1 amide bonds. The highest BCUT2D eigenvalue weighted by atomic mass is 16.5. The Labute approximate surface area is 148 Å². The van der Waals surface area contributed by atoms with Gasteiger partial charge in [0, 0.05) is 51.5 Å². The first kappa shape index (κ1) is 17.5. The second kappa shape index (κ2) is 8.16. The van der Waals surface area contributed by atoms with Crippen molar-refractivity contribution in [3.05, 3.63) is 47.2 Å². The molecule has 0 aliphatic carbocycles. The zero-order valence-electron chi connectivity index (χ0n) is 15.0. The van der Waals surface area contributed by atoms with Crippen molar-refractivity contribution in [3.8, 4) is 0 Å². The van der Waals surface area contributed by atoms with E-state index in [-0.39, 0.29) is 5.91 Å². The van der Waals surface area contributed by atoms with Gasteiger partial charge in [-0.3, -0.25) is 4.79 Å². The highest BCUT2D eigenvalue weighted by Gasteiger charge is 2.18. The first-order valence-corrected chi connectivity index (χ1v) is 8.83. The number of nitrogens with one attached hydrogen (secondary N) is 1. The minimum Gasteiger partial charge on any atom is -0.385 e. The molecule has 6 nitrogen and oxygen atoms in total. The van der Waals surface area contributed by atoms with E-state index in [2.05, 4.69) is 26.1 Å². The van der Waals surface area contributed by atoms with Crippen LogP contribution in [0.4, 0.5) is 5.82 Å². The largest absolute Gasteiger partial charge is 0.385 e. The van der Waals surface area contributed by atoms with E-state index in [9.17, 15) is 4.79 Å². The molecule has 1 N–H and O–H groups in total. The summed E-state index contributed by atoms with van der Waals surface area (Å²) in [5.74, 6) is 1.15. The monoisotopic (exact) mass is 342 g/mol. The maximum absolute atomic E-state index is 12.1. The van der Waals surface area contributed by atoms with Gasteiger partial charge in [-0.2, -0.15) is 5.10 Å². The molecule has 3 rings (SSSR count). The molecule has 0 unspecified atom stereocenters. The number of carbonyl (C=O) groups excluding carboxylic acids is 1. The predicted octanol–water partition coefficient (Wildman–Crippen LogP) is 2.37. The van der Waals surface area contributed by atoms with Gasteiger partial charge in [0.1, 0.15) is 5.82 Å². The van der Waals surface area contributed by atoms with Crippen molar-refractivity contribution in [1.82, 2.24) is 15.1 Å². The molecule has 0 saturated carbocycles. The SMILES string of the molecule is COCCCNC(=O)c1ccc(CN2CCCn3nc(C)cc32)cc1. The van der Waals surface area contributed by atoms with Crippen molar-refractivity contribution < 1.29 is 9.53 Å². The number of carbonyl (C=O) groups is 1. The van der Waals surface area contributed by atoms with Crippen LogP contribution in [-0.4, -0.2) is 42.5 Å². The standard InChI is InChI=1S/C19H26N4O2/c1-15-13-18-22(10-4-11-23(18)21-15)14-16-5-7-17(8-6-16)19(24)20-9-3-12-25-2/h5-8,13H,3-4,9-12,14H2,1-2H3,(H,20,24). The number of aryl methyl sites for hydroxylation is 2. The molecular weight excluding hydrogens is 316 g/mol. The second-order valence-corrected chi connectivity index (χ2v) is 6.44. The Balaban J connectivity index is 1.59. The first-order chi connectivity index (χ1) is 12.2. The minimum absolute atomic E-state index is 0.0330. The van der Waals surface area contributed by atoms with Gasteiger partial charge in [-0.25, -0.2) is 4.68 Å². The van der Waals surface area contributed by atoms with Crippen molar-refractivity contribution in [2.24, 2.45) is 0 Å². The number of methoxy groups -OCH3 is 1. The number of fused-ring (bicyclic) bond motifs is 1. The van der Waals surface area contributed by atoms with Crippen LogP contribution in [0.3, 0.4) is 0 Å². The van der Waals surface area contributed by atoms with Gasteiger partial charge in [-0.15, -0.1) is 0 Å². The van der Waals surface area contributed by atoms with E-state index >= 15 is 0 Å². The Morgan fingerprint density at radius 1 is 1.28 bits per heavy atom. The Bertz CT molecular complexity index is 709. The molecule has 1 aliphatic rings. The molecule has 25 heavy (non-hydrogen) atoms. The van der Waals surface area contributed by atoms with Crippen LogP contribution in [0.1, 0.15) is 34.5 Å². The number of amides is 1. The average Bonchev–Trinajstić information content (AvgIpc) is 3.00. The topological polar surface area (TPSA) is 59.4 Å². The number of rotatable bonds is 7. The highest BCUT2D eigenvalue weighted by Crippen LogP contribution is 2.23. The van der Waals surface area contributed by atoms with Gasteiger partial charge in [0.2, 0.25) is 0 Å². The summed E-state index contributed by atoms with van der Waals surface area (Å²) in [5.41, 5.74) is 2.95. The van der Waals surface area contributed by atoms with Crippen molar-refractivity contribution in [2.75, 3.05) is 31.7 Å². The summed E-state index contributed by atoms with van der Waals surface area (Å²) >= 11 is 0. The third kappa shape index (κ3) is 4.39. The number of anilines is 1. The zero-order valence-corrected chi connectivity index (χ0v) is 15.0. The molecule has 1 aliphatic heterocycles. The van der Waals surface area contributed by atoms with E-state index in [1.54, 1.807) is 7.11 Å². The van der Waals surface area contributed by atoms with E-state index < -0.39 is 0 Å². The molecule has 0 spiro atoms. The average molecular weight is 342 g/mol. The molecule has 0 saturated heterocycles. The number of hydrogen-bond donors (Lipinski definition) is 1. The van der Waals surface area contributed by atoms with Crippen LogP contribution < -0.4 is 10.2 Å². The summed E-state index contributed by atoms with van der Waals surface area (Å²) in [6.45, 7) is 6.18.